The molecule has 3 aromatic carbocycles. The third-order valence-corrected chi connectivity index (χ3v) is 4.44. The summed E-state index contributed by atoms with van der Waals surface area (Å²) in [6.07, 6.45) is 4.03. The molecule has 0 saturated heterocycles. The molecule has 0 aliphatic heterocycles. The van der Waals surface area contributed by atoms with Gasteiger partial charge >= 0.3 is 11.3 Å². The first-order valence-corrected chi connectivity index (χ1v) is 8.81. The molecular weight excluding hydrogens is 360 g/mol. The topological polar surface area (TPSA) is 49.9 Å². The minimum absolute atomic E-state index is 0.414. The first kappa shape index (κ1) is 17.1. The van der Waals surface area contributed by atoms with Gasteiger partial charge in [-0.2, -0.15) is 0 Å². The molecule has 0 atom stereocenters. The Morgan fingerprint density at radius 3 is 2.04 bits per heavy atom. The molecule has 5 heteroatoms. The first-order valence-electron chi connectivity index (χ1n) is 8.44. The lowest BCUT2D eigenvalue weighted by atomic mass is 10.1. The fourth-order valence-electron chi connectivity index (χ4n) is 2.80. The minimum Gasteiger partial charge on any atom is -0.282 e. The summed E-state index contributed by atoms with van der Waals surface area (Å²) in [5, 5.41) is 3.38. The van der Waals surface area contributed by atoms with Crippen LogP contribution in [0.5, 0.6) is 0 Å². The fourth-order valence-corrected chi connectivity index (χ4v) is 2.92. The van der Waals surface area contributed by atoms with Crippen LogP contribution in [-0.4, -0.2) is 5.27 Å². The van der Waals surface area contributed by atoms with Crippen LogP contribution in [0.25, 0.3) is 29.1 Å². The maximum atomic E-state index is 12.2. The van der Waals surface area contributed by atoms with Gasteiger partial charge in [-0.15, -0.1) is 0 Å². The molecule has 0 aliphatic carbocycles. The molecule has 1 heterocycles. The number of nitrogens with zero attached hydrogens (tertiary/aromatic N) is 1. The van der Waals surface area contributed by atoms with Crippen LogP contribution in [0.3, 0.4) is 0 Å². The van der Waals surface area contributed by atoms with E-state index in [4.69, 9.17) is 16.1 Å². The quantitative estimate of drug-likeness (QED) is 0.414. The van der Waals surface area contributed by atoms with Crippen molar-refractivity contribution in [3.8, 4) is 16.9 Å². The van der Waals surface area contributed by atoms with Crippen LogP contribution >= 0.6 is 11.6 Å². The van der Waals surface area contributed by atoms with Crippen molar-refractivity contribution in [2.24, 2.45) is 0 Å². The molecule has 132 valence electrons. The highest BCUT2D eigenvalue weighted by Crippen LogP contribution is 2.17. The smallest absolute Gasteiger partial charge is 0.282 e. The summed E-state index contributed by atoms with van der Waals surface area (Å²) in [5.74, 6) is 0. The van der Waals surface area contributed by atoms with Gasteiger partial charge in [-0.3, -0.25) is 4.52 Å². The molecule has 0 aliphatic rings. The molecule has 1 aromatic heterocycles. The van der Waals surface area contributed by atoms with Crippen LogP contribution in [0.1, 0.15) is 11.1 Å². The van der Waals surface area contributed by atoms with E-state index in [0.717, 1.165) is 22.4 Å². The first-order chi connectivity index (χ1) is 13.2. The normalized spacial score (nSPS) is 11.1. The van der Waals surface area contributed by atoms with Gasteiger partial charge in [0.05, 0.1) is 5.56 Å². The minimum atomic E-state index is -0.414. The SMILES string of the molecule is O=c1o[nH][n+](-c2ccccc2)c1-c1ccc(/C=C/c2ccc(Cl)cc2)cc1. The second-order valence-electron chi connectivity index (χ2n) is 6.01. The van der Waals surface area contributed by atoms with Crippen LogP contribution in [0.4, 0.5) is 0 Å². The molecular formula is C22H16ClN2O2+. The Balaban J connectivity index is 1.63. The lowest BCUT2D eigenvalue weighted by Gasteiger charge is -1.98. The zero-order valence-corrected chi connectivity index (χ0v) is 15.1. The Morgan fingerprint density at radius 1 is 0.815 bits per heavy atom. The van der Waals surface area contributed by atoms with E-state index in [1.54, 1.807) is 4.68 Å². The summed E-state index contributed by atoms with van der Waals surface area (Å²) >= 11 is 5.90. The highest BCUT2D eigenvalue weighted by molar-refractivity contribution is 6.30. The highest BCUT2D eigenvalue weighted by atomic mass is 35.5. The largest absolute Gasteiger partial charge is 0.435 e. The average molecular weight is 376 g/mol. The second kappa shape index (κ2) is 7.48. The second-order valence-corrected chi connectivity index (χ2v) is 6.44. The number of hydrogen-bond acceptors (Lipinski definition) is 2. The molecule has 4 rings (SSSR count). The number of rotatable bonds is 4. The van der Waals surface area contributed by atoms with Gasteiger partial charge in [-0.1, -0.05) is 66.2 Å². The molecule has 4 aromatic rings. The van der Waals surface area contributed by atoms with E-state index in [9.17, 15) is 4.79 Å². The molecule has 0 fully saturated rings. The molecule has 27 heavy (non-hydrogen) atoms. The van der Waals surface area contributed by atoms with Crippen molar-refractivity contribution < 1.29 is 9.20 Å². The lowest BCUT2D eigenvalue weighted by Crippen LogP contribution is -2.35. The van der Waals surface area contributed by atoms with Crippen molar-refractivity contribution >= 4 is 23.8 Å². The van der Waals surface area contributed by atoms with Gasteiger partial charge in [0.1, 0.15) is 0 Å². The Morgan fingerprint density at radius 2 is 1.41 bits per heavy atom. The van der Waals surface area contributed by atoms with Gasteiger partial charge in [0, 0.05) is 17.2 Å². The molecule has 0 amide bonds. The summed E-state index contributed by atoms with van der Waals surface area (Å²) in [6.45, 7) is 0. The van der Waals surface area contributed by atoms with E-state index in [-0.39, 0.29) is 0 Å². The van der Waals surface area contributed by atoms with Crippen LogP contribution in [-0.2, 0) is 0 Å². The number of hydrogen-bond donors (Lipinski definition) is 1. The molecule has 0 bridgehead atoms. The number of halogens is 1. The van der Waals surface area contributed by atoms with Crippen molar-refractivity contribution in [1.82, 2.24) is 5.27 Å². The van der Waals surface area contributed by atoms with E-state index in [0.29, 0.717) is 10.7 Å². The number of aromatic nitrogens is 2. The summed E-state index contributed by atoms with van der Waals surface area (Å²) in [4.78, 5) is 12.2. The molecule has 0 radical (unpaired) electrons. The Kier molecular flexibility index (Phi) is 4.73. The van der Waals surface area contributed by atoms with Gasteiger partial charge in [0.15, 0.2) is 0 Å². The molecule has 4 nitrogen and oxygen atoms in total. The van der Waals surface area contributed by atoms with E-state index in [1.165, 1.54) is 0 Å². The van der Waals surface area contributed by atoms with Crippen molar-refractivity contribution in [2.45, 2.75) is 0 Å². The van der Waals surface area contributed by atoms with Crippen molar-refractivity contribution in [3.05, 3.63) is 105 Å². The molecule has 0 spiro atoms. The van der Waals surface area contributed by atoms with Crippen molar-refractivity contribution in [1.29, 1.82) is 0 Å². The van der Waals surface area contributed by atoms with Crippen molar-refractivity contribution in [2.75, 3.05) is 0 Å². The van der Waals surface area contributed by atoms with Gasteiger partial charge < -0.3 is 0 Å². The molecule has 0 saturated carbocycles. The summed E-state index contributed by atoms with van der Waals surface area (Å²) in [5.41, 5.74) is 3.73. The van der Waals surface area contributed by atoms with Gasteiger partial charge in [0.25, 0.3) is 0 Å². The van der Waals surface area contributed by atoms with Gasteiger partial charge in [-0.25, -0.2) is 4.79 Å². The van der Waals surface area contributed by atoms with Crippen LogP contribution in [0, 0.1) is 0 Å². The van der Waals surface area contributed by atoms with Crippen LogP contribution in [0.15, 0.2) is 88.2 Å². The number of para-hydroxylation sites is 1. The summed E-state index contributed by atoms with van der Waals surface area (Å²) in [7, 11) is 0. The number of H-pyrrole nitrogens is 1. The molecule has 0 unspecified atom stereocenters. The Hall–Kier alpha value is -3.37. The predicted molar refractivity (Wildman–Crippen MR) is 107 cm³/mol. The number of aromatic amines is 1. The Bertz CT molecular complexity index is 1130. The zero-order chi connectivity index (χ0) is 18.6. The fraction of sp³-hybridized carbons (Fsp3) is 0. The maximum Gasteiger partial charge on any atom is 0.435 e. The predicted octanol–water partition coefficient (Wildman–Crippen LogP) is 4.74. The van der Waals surface area contributed by atoms with Crippen molar-refractivity contribution in [3.63, 3.8) is 0 Å². The van der Waals surface area contributed by atoms with E-state index in [1.807, 2.05) is 91.0 Å². The van der Waals surface area contributed by atoms with Gasteiger partial charge in [-0.05, 0) is 45.3 Å². The van der Waals surface area contributed by atoms with E-state index < -0.39 is 5.63 Å². The van der Waals surface area contributed by atoms with Crippen LogP contribution in [0.2, 0.25) is 5.02 Å². The van der Waals surface area contributed by atoms with E-state index >= 15 is 0 Å². The average Bonchev–Trinajstić information content (AvgIpc) is 3.10. The van der Waals surface area contributed by atoms with E-state index in [2.05, 4.69) is 5.27 Å². The highest BCUT2D eigenvalue weighted by Gasteiger charge is 2.24. The van der Waals surface area contributed by atoms with Crippen LogP contribution < -0.4 is 10.3 Å². The lowest BCUT2D eigenvalue weighted by molar-refractivity contribution is -0.660. The summed E-state index contributed by atoms with van der Waals surface area (Å²) < 4.78 is 6.65. The molecule has 1 N–H and O–H groups in total. The standard InChI is InChI=1S/C22H15ClN2O2/c23-19-14-10-17(11-15-19)7-6-16-8-12-18(13-9-16)21-22(26)27-24-25(21)20-4-2-1-3-5-20/h1-15H/p+1/b7-6+. The van der Waals surface area contributed by atoms with Gasteiger partial charge in [0.2, 0.25) is 5.69 Å². The summed E-state index contributed by atoms with van der Waals surface area (Å²) in [6, 6.07) is 24.9. The third-order valence-electron chi connectivity index (χ3n) is 4.18. The number of nitrogens with one attached hydrogen (secondary N) is 1. The Labute approximate surface area is 160 Å². The third kappa shape index (κ3) is 3.76. The number of benzene rings is 3. The monoisotopic (exact) mass is 375 g/mol. The maximum absolute atomic E-state index is 12.2. The zero-order valence-electron chi connectivity index (χ0n) is 14.3.